The van der Waals surface area contributed by atoms with Gasteiger partial charge >= 0.3 is 6.09 Å². The van der Waals surface area contributed by atoms with Gasteiger partial charge in [-0.15, -0.1) is 0 Å². The van der Waals surface area contributed by atoms with Crippen LogP contribution in [0.5, 0.6) is 0 Å². The lowest BCUT2D eigenvalue weighted by Gasteiger charge is -2.34. The maximum atomic E-state index is 11.8. The average molecular weight is 253 g/mol. The molecule has 1 saturated heterocycles. The SMILES string of the molecule is CN1C(=O)OCC1(c1ccccc1)c1ccccc1. The number of ether oxygens (including phenoxy) is 1. The third-order valence-electron chi connectivity index (χ3n) is 3.75. The van der Waals surface area contributed by atoms with Crippen LogP contribution >= 0.6 is 0 Å². The van der Waals surface area contributed by atoms with Crippen molar-refractivity contribution in [3.8, 4) is 0 Å². The van der Waals surface area contributed by atoms with Gasteiger partial charge < -0.3 is 4.74 Å². The van der Waals surface area contributed by atoms with Crippen LogP contribution in [-0.2, 0) is 10.3 Å². The smallest absolute Gasteiger partial charge is 0.410 e. The first-order valence-electron chi connectivity index (χ1n) is 6.27. The summed E-state index contributed by atoms with van der Waals surface area (Å²) in [6.07, 6.45) is -0.285. The molecule has 0 aromatic heterocycles. The van der Waals surface area contributed by atoms with Gasteiger partial charge in [0.2, 0.25) is 0 Å². The third-order valence-corrected chi connectivity index (χ3v) is 3.75. The summed E-state index contributed by atoms with van der Waals surface area (Å²) in [7, 11) is 1.79. The summed E-state index contributed by atoms with van der Waals surface area (Å²) in [6.45, 7) is 0.344. The molecule has 1 aliphatic heterocycles. The Morgan fingerprint density at radius 2 is 1.42 bits per heavy atom. The van der Waals surface area contributed by atoms with Gasteiger partial charge in [0.1, 0.15) is 12.1 Å². The number of cyclic esters (lactones) is 1. The van der Waals surface area contributed by atoms with Gasteiger partial charge in [-0.3, -0.25) is 4.90 Å². The second kappa shape index (κ2) is 4.43. The van der Waals surface area contributed by atoms with Crippen LogP contribution in [0.3, 0.4) is 0 Å². The molecular weight excluding hydrogens is 238 g/mol. The van der Waals surface area contributed by atoms with Gasteiger partial charge in [-0.25, -0.2) is 4.79 Å². The van der Waals surface area contributed by atoms with E-state index in [1.165, 1.54) is 0 Å². The van der Waals surface area contributed by atoms with Crippen LogP contribution in [-0.4, -0.2) is 24.6 Å². The van der Waals surface area contributed by atoms with E-state index in [0.29, 0.717) is 6.61 Å². The molecule has 1 fully saturated rings. The molecule has 0 saturated carbocycles. The van der Waals surface area contributed by atoms with Crippen LogP contribution in [0, 0.1) is 0 Å². The summed E-state index contributed by atoms with van der Waals surface area (Å²) >= 11 is 0. The lowest BCUT2D eigenvalue weighted by molar-refractivity contribution is 0.163. The van der Waals surface area contributed by atoms with Crippen LogP contribution in [0.1, 0.15) is 11.1 Å². The van der Waals surface area contributed by atoms with E-state index in [1.807, 2.05) is 60.7 Å². The number of hydrogen-bond donors (Lipinski definition) is 0. The number of carbonyl (C=O) groups excluding carboxylic acids is 1. The van der Waals surface area contributed by atoms with Crippen molar-refractivity contribution in [1.82, 2.24) is 4.90 Å². The molecule has 1 amide bonds. The van der Waals surface area contributed by atoms with Crippen molar-refractivity contribution in [2.45, 2.75) is 5.54 Å². The van der Waals surface area contributed by atoms with Gasteiger partial charge in [-0.05, 0) is 11.1 Å². The van der Waals surface area contributed by atoms with E-state index in [9.17, 15) is 4.79 Å². The highest BCUT2D eigenvalue weighted by molar-refractivity contribution is 5.73. The summed E-state index contributed by atoms with van der Waals surface area (Å²) in [5.41, 5.74) is 1.60. The van der Waals surface area contributed by atoms with Crippen molar-refractivity contribution in [2.24, 2.45) is 0 Å². The average Bonchev–Trinajstić information content (AvgIpc) is 2.78. The Hall–Kier alpha value is -2.29. The van der Waals surface area contributed by atoms with E-state index in [4.69, 9.17) is 4.74 Å². The number of carbonyl (C=O) groups is 1. The zero-order valence-electron chi connectivity index (χ0n) is 10.7. The Morgan fingerprint density at radius 3 is 1.79 bits per heavy atom. The molecule has 3 rings (SSSR count). The van der Waals surface area contributed by atoms with Crippen molar-refractivity contribution in [3.63, 3.8) is 0 Å². The topological polar surface area (TPSA) is 29.5 Å². The van der Waals surface area contributed by atoms with Crippen molar-refractivity contribution in [2.75, 3.05) is 13.7 Å². The quantitative estimate of drug-likeness (QED) is 0.823. The fraction of sp³-hybridized carbons (Fsp3) is 0.188. The second-order valence-electron chi connectivity index (χ2n) is 4.71. The molecule has 3 nitrogen and oxygen atoms in total. The van der Waals surface area contributed by atoms with Gasteiger partial charge in [-0.2, -0.15) is 0 Å². The fourth-order valence-electron chi connectivity index (χ4n) is 2.66. The summed E-state index contributed by atoms with van der Waals surface area (Å²) in [5, 5.41) is 0. The van der Waals surface area contributed by atoms with Crippen LogP contribution in [0.15, 0.2) is 60.7 Å². The third kappa shape index (κ3) is 1.70. The molecule has 0 unspecified atom stereocenters. The number of hydrogen-bond acceptors (Lipinski definition) is 2. The van der Waals surface area contributed by atoms with E-state index in [0.717, 1.165) is 11.1 Å². The molecule has 0 radical (unpaired) electrons. The predicted molar refractivity (Wildman–Crippen MR) is 72.8 cm³/mol. The van der Waals surface area contributed by atoms with Crippen molar-refractivity contribution < 1.29 is 9.53 Å². The fourth-order valence-corrected chi connectivity index (χ4v) is 2.66. The molecule has 96 valence electrons. The second-order valence-corrected chi connectivity index (χ2v) is 4.71. The first-order valence-corrected chi connectivity index (χ1v) is 6.27. The highest BCUT2D eigenvalue weighted by Gasteiger charge is 2.47. The summed E-state index contributed by atoms with van der Waals surface area (Å²) in [5.74, 6) is 0. The van der Waals surface area contributed by atoms with E-state index in [2.05, 4.69) is 0 Å². The van der Waals surface area contributed by atoms with E-state index in [-0.39, 0.29) is 6.09 Å². The Labute approximate surface area is 112 Å². The molecule has 0 atom stereocenters. The van der Waals surface area contributed by atoms with Crippen molar-refractivity contribution in [1.29, 1.82) is 0 Å². The van der Waals surface area contributed by atoms with E-state index < -0.39 is 5.54 Å². The van der Waals surface area contributed by atoms with Gasteiger partial charge in [0, 0.05) is 7.05 Å². The molecule has 2 aromatic rings. The monoisotopic (exact) mass is 253 g/mol. The highest BCUT2D eigenvalue weighted by atomic mass is 16.6. The molecule has 0 N–H and O–H groups in total. The largest absolute Gasteiger partial charge is 0.446 e. The van der Waals surface area contributed by atoms with E-state index in [1.54, 1.807) is 11.9 Å². The molecule has 1 heterocycles. The van der Waals surface area contributed by atoms with E-state index >= 15 is 0 Å². The number of benzene rings is 2. The maximum absolute atomic E-state index is 11.8. The van der Waals surface area contributed by atoms with Gasteiger partial charge in [-0.1, -0.05) is 60.7 Å². The molecule has 0 bridgehead atoms. The van der Waals surface area contributed by atoms with Crippen molar-refractivity contribution >= 4 is 6.09 Å². The normalized spacial score (nSPS) is 17.3. The molecule has 2 aromatic carbocycles. The number of nitrogens with zero attached hydrogens (tertiary/aromatic N) is 1. The van der Waals surface area contributed by atoms with Gasteiger partial charge in [0.25, 0.3) is 0 Å². The molecule has 0 spiro atoms. The molecule has 0 aliphatic carbocycles. The molecule has 19 heavy (non-hydrogen) atoms. The van der Waals surface area contributed by atoms with Crippen LogP contribution < -0.4 is 0 Å². The number of rotatable bonds is 2. The minimum atomic E-state index is -0.528. The Morgan fingerprint density at radius 1 is 0.947 bits per heavy atom. The Bertz CT molecular complexity index is 541. The minimum Gasteiger partial charge on any atom is -0.446 e. The molecule has 1 aliphatic rings. The Kier molecular flexibility index (Phi) is 2.75. The van der Waals surface area contributed by atoms with Crippen LogP contribution in [0.4, 0.5) is 4.79 Å². The zero-order chi connectivity index (χ0) is 13.3. The van der Waals surface area contributed by atoms with Crippen molar-refractivity contribution in [3.05, 3.63) is 71.8 Å². The first kappa shape index (κ1) is 11.8. The molecular formula is C16H15NO2. The first-order chi connectivity index (χ1) is 9.25. The molecule has 3 heteroatoms. The summed E-state index contributed by atoms with van der Waals surface area (Å²) in [4.78, 5) is 13.5. The maximum Gasteiger partial charge on any atom is 0.410 e. The number of amides is 1. The lowest BCUT2D eigenvalue weighted by Crippen LogP contribution is -2.43. The number of likely N-dealkylation sites (N-methyl/N-ethyl adjacent to an activating group) is 1. The standard InChI is InChI=1S/C16H15NO2/c1-17-15(18)19-12-16(17,13-8-4-2-5-9-13)14-10-6-3-7-11-14/h2-11H,12H2,1H3. The Balaban J connectivity index is 2.20. The summed E-state index contributed by atoms with van der Waals surface area (Å²) < 4.78 is 5.28. The van der Waals surface area contributed by atoms with Crippen LogP contribution in [0.2, 0.25) is 0 Å². The lowest BCUT2D eigenvalue weighted by atomic mass is 9.83. The summed E-state index contributed by atoms with van der Waals surface area (Å²) in [6, 6.07) is 20.0. The van der Waals surface area contributed by atoms with Crippen LogP contribution in [0.25, 0.3) is 0 Å². The van der Waals surface area contributed by atoms with Gasteiger partial charge in [0.05, 0.1) is 0 Å². The highest BCUT2D eigenvalue weighted by Crippen LogP contribution is 2.39. The minimum absolute atomic E-state index is 0.285. The predicted octanol–water partition coefficient (Wildman–Crippen LogP) is 3.01. The van der Waals surface area contributed by atoms with Gasteiger partial charge in [0.15, 0.2) is 0 Å². The zero-order valence-corrected chi connectivity index (χ0v) is 10.7.